The van der Waals surface area contributed by atoms with Crippen molar-refractivity contribution in [2.75, 3.05) is 20.3 Å². The molecule has 0 aliphatic carbocycles. The molecule has 2 aromatic heterocycles. The molecule has 1 amide bonds. The number of nitrogens with one attached hydrogen (secondary N) is 2. The van der Waals surface area contributed by atoms with Crippen LogP contribution < -0.4 is 14.8 Å². The number of hydrogen-bond acceptors (Lipinski definition) is 5. The maximum Gasteiger partial charge on any atom is 0.271 e. The molecule has 2 heterocycles. The number of amides is 1. The summed E-state index contributed by atoms with van der Waals surface area (Å²) in [4.78, 5) is 24.4. The minimum Gasteiger partial charge on any atom is -0.493 e. The van der Waals surface area contributed by atoms with Gasteiger partial charge in [0.1, 0.15) is 5.69 Å². The van der Waals surface area contributed by atoms with E-state index in [0.717, 1.165) is 27.7 Å². The molecule has 0 radical (unpaired) electrons. The number of aromatic nitrogens is 3. The van der Waals surface area contributed by atoms with E-state index >= 15 is 0 Å². The van der Waals surface area contributed by atoms with Crippen molar-refractivity contribution in [1.82, 2.24) is 20.3 Å². The first-order chi connectivity index (χ1) is 15.6. The number of benzene rings is 2. The number of carbonyl (C=O) groups is 1. The molecule has 4 aromatic rings. The molecule has 0 bridgehead atoms. The van der Waals surface area contributed by atoms with Crippen LogP contribution in [0.25, 0.3) is 10.9 Å². The summed E-state index contributed by atoms with van der Waals surface area (Å²) in [5.74, 6) is 0.971. The Labute approximate surface area is 186 Å². The third-order valence-corrected chi connectivity index (χ3v) is 5.37. The van der Waals surface area contributed by atoms with E-state index in [4.69, 9.17) is 9.47 Å². The number of fused-ring (bicyclic) bond motifs is 1. The molecule has 7 nitrogen and oxygen atoms in total. The summed E-state index contributed by atoms with van der Waals surface area (Å²) in [5.41, 5.74) is 4.19. The van der Waals surface area contributed by atoms with Crippen LogP contribution in [0.3, 0.4) is 0 Å². The van der Waals surface area contributed by atoms with Gasteiger partial charge < -0.3 is 19.8 Å². The number of aromatic amines is 1. The van der Waals surface area contributed by atoms with Crippen molar-refractivity contribution < 1.29 is 14.3 Å². The number of para-hydroxylation sites is 1. The van der Waals surface area contributed by atoms with Crippen molar-refractivity contribution in [1.29, 1.82) is 0 Å². The first kappa shape index (κ1) is 21.4. The van der Waals surface area contributed by atoms with Gasteiger partial charge >= 0.3 is 0 Å². The summed E-state index contributed by atoms with van der Waals surface area (Å²) < 4.78 is 11.2. The van der Waals surface area contributed by atoms with E-state index in [-0.39, 0.29) is 17.5 Å². The highest BCUT2D eigenvalue weighted by Gasteiger charge is 2.21. The zero-order chi connectivity index (χ0) is 22.5. The zero-order valence-electron chi connectivity index (χ0n) is 18.4. The Morgan fingerprint density at radius 1 is 1.12 bits per heavy atom. The van der Waals surface area contributed by atoms with Gasteiger partial charge in [-0.2, -0.15) is 0 Å². The molecule has 2 N–H and O–H groups in total. The van der Waals surface area contributed by atoms with Gasteiger partial charge in [0.2, 0.25) is 0 Å². The van der Waals surface area contributed by atoms with Crippen LogP contribution in [-0.2, 0) is 0 Å². The van der Waals surface area contributed by atoms with Crippen LogP contribution in [0.5, 0.6) is 11.5 Å². The lowest BCUT2D eigenvalue weighted by Gasteiger charge is -2.20. The van der Waals surface area contributed by atoms with Crippen LogP contribution in [-0.4, -0.2) is 41.1 Å². The fourth-order valence-electron chi connectivity index (χ4n) is 3.76. The highest BCUT2D eigenvalue weighted by Crippen LogP contribution is 2.35. The highest BCUT2D eigenvalue weighted by molar-refractivity contribution is 5.92. The molecule has 2 aromatic carbocycles. The van der Waals surface area contributed by atoms with Gasteiger partial charge in [-0.25, -0.2) is 4.98 Å². The number of ether oxygens (including phenoxy) is 2. The van der Waals surface area contributed by atoms with Crippen LogP contribution in [0.15, 0.2) is 61.1 Å². The van der Waals surface area contributed by atoms with Crippen molar-refractivity contribution >= 4 is 16.8 Å². The van der Waals surface area contributed by atoms with E-state index < -0.39 is 0 Å². The molecule has 0 spiro atoms. The molecule has 164 valence electrons. The first-order valence-corrected chi connectivity index (χ1v) is 10.5. The molecular weight excluding hydrogens is 404 g/mol. The topological polar surface area (TPSA) is 89.1 Å². The highest BCUT2D eigenvalue weighted by atomic mass is 16.5. The number of aryl methyl sites for hydroxylation is 1. The average molecular weight is 431 g/mol. The Kier molecular flexibility index (Phi) is 6.35. The van der Waals surface area contributed by atoms with Crippen LogP contribution >= 0.6 is 0 Å². The van der Waals surface area contributed by atoms with Crippen LogP contribution in [0.4, 0.5) is 0 Å². The predicted octanol–water partition coefficient (Wildman–Crippen LogP) is 4.24. The zero-order valence-corrected chi connectivity index (χ0v) is 18.4. The molecule has 0 aliphatic rings. The van der Waals surface area contributed by atoms with Crippen LogP contribution in [0, 0.1) is 6.92 Å². The van der Waals surface area contributed by atoms with E-state index in [0.29, 0.717) is 24.7 Å². The lowest BCUT2D eigenvalue weighted by atomic mass is 9.90. The van der Waals surface area contributed by atoms with Gasteiger partial charge in [0.05, 0.1) is 25.6 Å². The van der Waals surface area contributed by atoms with Crippen molar-refractivity contribution in [3.8, 4) is 11.5 Å². The summed E-state index contributed by atoms with van der Waals surface area (Å²) in [6.07, 6.45) is 5.07. The minimum atomic E-state index is -0.264. The molecule has 0 saturated heterocycles. The van der Waals surface area contributed by atoms with Crippen molar-refractivity contribution in [3.63, 3.8) is 0 Å². The number of H-pyrrole nitrogens is 1. The Morgan fingerprint density at radius 3 is 2.72 bits per heavy atom. The van der Waals surface area contributed by atoms with E-state index in [1.54, 1.807) is 13.3 Å². The summed E-state index contributed by atoms with van der Waals surface area (Å²) in [5, 5.41) is 4.13. The molecule has 32 heavy (non-hydrogen) atoms. The second-order valence-electron chi connectivity index (χ2n) is 7.44. The number of hydrogen-bond donors (Lipinski definition) is 2. The second kappa shape index (κ2) is 9.51. The van der Waals surface area contributed by atoms with E-state index in [1.165, 1.54) is 6.20 Å². The van der Waals surface area contributed by atoms with E-state index in [2.05, 4.69) is 26.3 Å². The molecule has 0 aliphatic heterocycles. The quantitative estimate of drug-likeness (QED) is 0.437. The Morgan fingerprint density at radius 2 is 1.97 bits per heavy atom. The van der Waals surface area contributed by atoms with E-state index in [9.17, 15) is 4.79 Å². The number of rotatable bonds is 8. The molecule has 0 fully saturated rings. The molecule has 7 heteroatoms. The third-order valence-electron chi connectivity index (χ3n) is 5.37. The molecule has 0 saturated carbocycles. The summed E-state index contributed by atoms with van der Waals surface area (Å²) in [7, 11) is 1.63. The van der Waals surface area contributed by atoms with Gasteiger partial charge in [0.25, 0.3) is 5.91 Å². The Balaban J connectivity index is 1.69. The second-order valence-corrected chi connectivity index (χ2v) is 7.44. The third kappa shape index (κ3) is 4.42. The Hall–Kier alpha value is -3.87. The molecule has 4 rings (SSSR count). The average Bonchev–Trinajstić information content (AvgIpc) is 3.24. The number of nitrogens with zero attached hydrogens (tertiary/aromatic N) is 2. The maximum atomic E-state index is 12.7. The molecular formula is C25H26N4O3. The van der Waals surface area contributed by atoms with Crippen LogP contribution in [0.2, 0.25) is 0 Å². The SMILES string of the molecule is CCOc1ccc(C(CNC(=O)c2cnc(C)cn2)c2c[nH]c3ccccc23)cc1OC. The van der Waals surface area contributed by atoms with E-state index in [1.807, 2.05) is 56.4 Å². The smallest absolute Gasteiger partial charge is 0.271 e. The molecule has 1 unspecified atom stereocenters. The van der Waals surface area contributed by atoms with Gasteiger partial charge in [-0.1, -0.05) is 24.3 Å². The number of carbonyl (C=O) groups excluding carboxylic acids is 1. The lowest BCUT2D eigenvalue weighted by molar-refractivity contribution is 0.0947. The van der Waals surface area contributed by atoms with Gasteiger partial charge in [-0.3, -0.25) is 9.78 Å². The predicted molar refractivity (Wildman–Crippen MR) is 123 cm³/mol. The maximum absolute atomic E-state index is 12.7. The van der Waals surface area contributed by atoms with Gasteiger partial charge in [0.15, 0.2) is 11.5 Å². The summed E-state index contributed by atoms with van der Waals surface area (Å²) >= 11 is 0. The van der Waals surface area contributed by atoms with Gasteiger partial charge in [0, 0.05) is 35.8 Å². The standard InChI is InChI=1S/C25H26N4O3/c1-4-32-23-10-9-17(11-24(23)31-3)19(20-14-28-21-8-6-5-7-18(20)21)13-29-25(30)22-15-26-16(2)12-27-22/h5-12,14-15,19,28H,4,13H2,1-3H3,(H,29,30). The van der Waals surface area contributed by atoms with Gasteiger partial charge in [-0.15, -0.1) is 0 Å². The van der Waals surface area contributed by atoms with Crippen LogP contribution in [0.1, 0.15) is 40.2 Å². The normalized spacial score (nSPS) is 11.8. The fourth-order valence-corrected chi connectivity index (χ4v) is 3.76. The summed E-state index contributed by atoms with van der Waals surface area (Å²) in [6, 6.07) is 14.0. The Bertz CT molecular complexity index is 1220. The minimum absolute atomic E-state index is 0.113. The van der Waals surface area contributed by atoms with Crippen molar-refractivity contribution in [3.05, 3.63) is 83.6 Å². The monoisotopic (exact) mass is 430 g/mol. The first-order valence-electron chi connectivity index (χ1n) is 10.5. The van der Waals surface area contributed by atoms with Crippen molar-refractivity contribution in [2.45, 2.75) is 19.8 Å². The summed E-state index contributed by atoms with van der Waals surface area (Å²) in [6.45, 7) is 4.70. The molecule has 1 atom stereocenters. The largest absolute Gasteiger partial charge is 0.493 e. The van der Waals surface area contributed by atoms with Crippen molar-refractivity contribution in [2.24, 2.45) is 0 Å². The number of methoxy groups -OCH3 is 1. The fraction of sp³-hybridized carbons (Fsp3) is 0.240. The van der Waals surface area contributed by atoms with Gasteiger partial charge in [-0.05, 0) is 43.2 Å². The lowest BCUT2D eigenvalue weighted by Crippen LogP contribution is -2.29.